The lowest BCUT2D eigenvalue weighted by Crippen LogP contribution is -2.89. The first kappa shape index (κ1) is 32.9. The van der Waals surface area contributed by atoms with Crippen LogP contribution in [0.4, 0.5) is 0 Å². The predicted molar refractivity (Wildman–Crippen MR) is 151 cm³/mol. The summed E-state index contributed by atoms with van der Waals surface area (Å²) in [5, 5.41) is 0. The zero-order valence-electron chi connectivity index (χ0n) is 28.0. The van der Waals surface area contributed by atoms with Gasteiger partial charge in [0.2, 0.25) is 22.9 Å². The van der Waals surface area contributed by atoms with Crippen molar-refractivity contribution in [2.75, 3.05) is 63.5 Å². The molecule has 0 unspecified atom stereocenters. The zero-order chi connectivity index (χ0) is 35.0. The zero-order valence-corrected chi connectivity index (χ0v) is 28.0. The van der Waals surface area contributed by atoms with Gasteiger partial charge in [-0.05, 0) is 19.9 Å². The first-order valence-electron chi connectivity index (χ1n) is 14.9. The van der Waals surface area contributed by atoms with Gasteiger partial charge in [0.1, 0.15) is 11.5 Å². The van der Waals surface area contributed by atoms with Crippen LogP contribution in [0.5, 0.6) is 17.2 Å². The normalized spacial score (nSPS) is 41.9. The minimum Gasteiger partial charge on any atom is -0.493 e. The topological polar surface area (TPSA) is 188 Å². The molecule has 48 heavy (non-hydrogen) atoms. The SMILES string of the molecule is COC(=O)c1cc(OC)c(OC)c2c1[C@H]1[C@@](OC)(O2)[C@@]2(OC)O[C@@]3(C(=O)OC)[C@]1(C(=O)OC)[C@@H](C2=O)[C@]12OC(C)(C)O[C@H]1CO[C@@]23OC. The van der Waals surface area contributed by atoms with Gasteiger partial charge in [-0.1, -0.05) is 0 Å². The van der Waals surface area contributed by atoms with E-state index in [0.29, 0.717) is 0 Å². The Balaban J connectivity index is 1.75. The van der Waals surface area contributed by atoms with E-state index in [9.17, 15) is 9.59 Å². The Morgan fingerprint density at radius 3 is 2.06 bits per heavy atom. The number of ketones is 1. The van der Waals surface area contributed by atoms with E-state index in [-0.39, 0.29) is 35.0 Å². The van der Waals surface area contributed by atoms with Crippen molar-refractivity contribution in [2.24, 2.45) is 11.3 Å². The summed E-state index contributed by atoms with van der Waals surface area (Å²) in [6, 6.07) is 1.31. The molecule has 262 valence electrons. The van der Waals surface area contributed by atoms with Crippen molar-refractivity contribution in [2.45, 2.75) is 60.2 Å². The molecule has 6 fully saturated rings. The molecule has 7 aliphatic rings. The highest BCUT2D eigenvalue weighted by atomic mass is 16.9. The second-order valence-electron chi connectivity index (χ2n) is 12.6. The highest BCUT2D eigenvalue weighted by Crippen LogP contribution is 2.85. The lowest BCUT2D eigenvalue weighted by Gasteiger charge is -2.65. The van der Waals surface area contributed by atoms with Crippen LogP contribution >= 0.6 is 0 Å². The minimum atomic E-state index is -2.80. The fourth-order valence-corrected chi connectivity index (χ4v) is 9.72. The maximum atomic E-state index is 15.5. The number of carbonyl (C=O) groups excluding carboxylic acids is 4. The number of rotatable bonds is 8. The van der Waals surface area contributed by atoms with Gasteiger partial charge < -0.3 is 61.6 Å². The van der Waals surface area contributed by atoms with Crippen LogP contribution in [0.25, 0.3) is 0 Å². The van der Waals surface area contributed by atoms with Crippen LogP contribution in [0.15, 0.2) is 6.07 Å². The fourth-order valence-electron chi connectivity index (χ4n) is 9.72. The highest BCUT2D eigenvalue weighted by molar-refractivity contribution is 6.09. The minimum absolute atomic E-state index is 0.0203. The summed E-state index contributed by atoms with van der Waals surface area (Å²) in [6.07, 6.45) is -1.13. The van der Waals surface area contributed by atoms with E-state index in [2.05, 4.69) is 0 Å². The van der Waals surface area contributed by atoms with Gasteiger partial charge in [0, 0.05) is 26.9 Å². The summed E-state index contributed by atoms with van der Waals surface area (Å²) in [7, 11) is 9.40. The Hall–Kier alpha value is -3.58. The molecule has 0 amide bonds. The van der Waals surface area contributed by atoms with E-state index < -0.39 is 81.4 Å². The Labute approximate surface area is 274 Å². The molecule has 0 N–H and O–H groups in total. The molecule has 5 heterocycles. The lowest BCUT2D eigenvalue weighted by atomic mass is 9.47. The first-order valence-corrected chi connectivity index (χ1v) is 14.9. The molecule has 8 rings (SSSR count). The van der Waals surface area contributed by atoms with Gasteiger partial charge >= 0.3 is 17.9 Å². The quantitative estimate of drug-likeness (QED) is 0.268. The van der Waals surface area contributed by atoms with Crippen LogP contribution < -0.4 is 14.2 Å². The predicted octanol–water partition coefficient (Wildman–Crippen LogP) is 0.229. The molecule has 4 bridgehead atoms. The van der Waals surface area contributed by atoms with Crippen LogP contribution in [0.2, 0.25) is 0 Å². The molecular formula is C31H36O17. The van der Waals surface area contributed by atoms with Crippen molar-refractivity contribution < 1.29 is 80.8 Å². The van der Waals surface area contributed by atoms with Crippen molar-refractivity contribution in [1.82, 2.24) is 0 Å². The number of esters is 3. The maximum absolute atomic E-state index is 15.5. The summed E-state index contributed by atoms with van der Waals surface area (Å²) in [6.45, 7) is 2.92. The molecule has 17 heteroatoms. The molecule has 5 aliphatic heterocycles. The summed E-state index contributed by atoms with van der Waals surface area (Å²) in [5.74, 6) is -17.1. The maximum Gasteiger partial charge on any atom is 0.345 e. The molecule has 0 aromatic heterocycles. The number of fused-ring (bicyclic) bond motifs is 1. The first-order chi connectivity index (χ1) is 22.7. The Kier molecular flexibility index (Phi) is 6.71. The molecule has 1 aromatic rings. The van der Waals surface area contributed by atoms with E-state index in [1.165, 1.54) is 34.5 Å². The van der Waals surface area contributed by atoms with E-state index >= 15 is 9.59 Å². The highest BCUT2D eigenvalue weighted by Gasteiger charge is 3.08. The van der Waals surface area contributed by atoms with Crippen molar-refractivity contribution in [3.05, 3.63) is 17.2 Å². The van der Waals surface area contributed by atoms with E-state index in [4.69, 9.17) is 61.6 Å². The van der Waals surface area contributed by atoms with Gasteiger partial charge in [-0.2, -0.15) is 0 Å². The van der Waals surface area contributed by atoms with E-state index in [1.807, 2.05) is 0 Å². The molecule has 2 aliphatic carbocycles. The number of Topliss-reactive ketones (excluding diaryl/α,β-unsaturated/α-hetero) is 1. The second kappa shape index (κ2) is 9.77. The Morgan fingerprint density at radius 1 is 0.833 bits per heavy atom. The number of hydrogen-bond acceptors (Lipinski definition) is 17. The smallest absolute Gasteiger partial charge is 0.345 e. The van der Waals surface area contributed by atoms with Gasteiger partial charge in [0.15, 0.2) is 22.9 Å². The van der Waals surface area contributed by atoms with Crippen molar-refractivity contribution >= 4 is 23.7 Å². The number of ether oxygens (including phenoxy) is 13. The van der Waals surface area contributed by atoms with Crippen molar-refractivity contribution in [3.8, 4) is 17.2 Å². The summed E-state index contributed by atoms with van der Waals surface area (Å²) < 4.78 is 78.2. The van der Waals surface area contributed by atoms with Gasteiger partial charge in [-0.3, -0.25) is 9.59 Å². The number of hydrogen-bond donors (Lipinski definition) is 0. The molecule has 1 spiro atoms. The number of methoxy groups -OCH3 is 8. The summed E-state index contributed by atoms with van der Waals surface area (Å²) in [5.41, 5.74) is -7.82. The summed E-state index contributed by atoms with van der Waals surface area (Å²) >= 11 is 0. The van der Waals surface area contributed by atoms with E-state index in [1.54, 1.807) is 13.8 Å². The lowest BCUT2D eigenvalue weighted by molar-refractivity contribution is -0.463. The fraction of sp³-hybridized carbons (Fsp3) is 0.677. The van der Waals surface area contributed by atoms with Crippen molar-refractivity contribution in [3.63, 3.8) is 0 Å². The van der Waals surface area contributed by atoms with Crippen molar-refractivity contribution in [1.29, 1.82) is 0 Å². The van der Waals surface area contributed by atoms with Crippen LogP contribution in [-0.2, 0) is 61.8 Å². The number of carbonyl (C=O) groups is 4. The molecule has 4 saturated heterocycles. The Morgan fingerprint density at radius 2 is 1.52 bits per heavy atom. The monoisotopic (exact) mass is 680 g/mol. The third-order valence-electron chi connectivity index (χ3n) is 10.9. The molecular weight excluding hydrogens is 644 g/mol. The molecule has 0 radical (unpaired) electrons. The van der Waals surface area contributed by atoms with Crippen LogP contribution in [-0.4, -0.2) is 128 Å². The molecule has 1 aromatic carbocycles. The molecule has 17 nitrogen and oxygen atoms in total. The number of benzene rings is 1. The van der Waals surface area contributed by atoms with Gasteiger partial charge in [-0.25, -0.2) is 9.59 Å². The van der Waals surface area contributed by atoms with E-state index in [0.717, 1.165) is 28.4 Å². The molecule has 2 saturated carbocycles. The van der Waals surface area contributed by atoms with Gasteiger partial charge in [-0.15, -0.1) is 0 Å². The third-order valence-corrected chi connectivity index (χ3v) is 10.9. The largest absolute Gasteiger partial charge is 0.493 e. The Bertz CT molecular complexity index is 1660. The van der Waals surface area contributed by atoms with Gasteiger partial charge in [0.25, 0.3) is 11.6 Å². The standard InChI is InChI=1S/C31H36O17/c1-25(2)45-15-12-44-31(43-10)27(15,47-25)20-21(32)30(42-9)29(41-8)19(26(20,23(34)39-6)28(31,48-30)24(35)40-7)16-13(22(33)38-5)11-14(36-3)17(37-4)18(16)46-29/h11,15,19-20H,12H2,1-10H3/t15-,19+,20+,26-,27+,28-,29+,30-,31-/m0/s1. The second-order valence-corrected chi connectivity index (χ2v) is 12.6. The average Bonchev–Trinajstić information content (AvgIpc) is 3.73. The van der Waals surface area contributed by atoms with Crippen LogP contribution in [0, 0.1) is 11.3 Å². The van der Waals surface area contributed by atoms with Gasteiger partial charge in [0.05, 0.1) is 59.6 Å². The molecule has 9 atom stereocenters. The van der Waals surface area contributed by atoms with Crippen LogP contribution in [0.1, 0.15) is 35.7 Å². The summed E-state index contributed by atoms with van der Waals surface area (Å²) in [4.78, 5) is 59.0. The average molecular weight is 681 g/mol. The van der Waals surface area contributed by atoms with Crippen LogP contribution in [0.3, 0.4) is 0 Å². The third kappa shape index (κ3) is 2.86.